The molecule has 0 aromatic heterocycles. The maximum atomic E-state index is 6.24. The second kappa shape index (κ2) is 4.06. The summed E-state index contributed by atoms with van der Waals surface area (Å²) in [5.74, 6) is 0. The highest BCUT2D eigenvalue weighted by Crippen LogP contribution is 2.38. The van der Waals surface area contributed by atoms with Gasteiger partial charge in [-0.2, -0.15) is 0 Å². The highest BCUT2D eigenvalue weighted by molar-refractivity contribution is 6.48. The van der Waals surface area contributed by atoms with Crippen LogP contribution in [-0.2, 0) is 0 Å². The van der Waals surface area contributed by atoms with E-state index in [1.54, 1.807) is 6.07 Å². The Balaban J connectivity index is 2.67. The topological polar surface area (TPSA) is 0 Å². The van der Waals surface area contributed by atoms with Gasteiger partial charge in [0.15, 0.2) is 0 Å². The first-order valence-electron chi connectivity index (χ1n) is 4.96. The van der Waals surface area contributed by atoms with E-state index in [-0.39, 0.29) is 0 Å². The fourth-order valence-corrected chi connectivity index (χ4v) is 2.63. The minimum atomic E-state index is 0.413. The van der Waals surface area contributed by atoms with Crippen LogP contribution in [-0.4, -0.2) is 0 Å². The van der Waals surface area contributed by atoms with Gasteiger partial charge in [-0.1, -0.05) is 46.9 Å². The number of halogens is 3. The Labute approximate surface area is 114 Å². The molecule has 0 atom stereocenters. The third-order valence-corrected chi connectivity index (χ3v) is 3.82. The Morgan fingerprint density at radius 2 is 1.82 bits per heavy atom. The van der Waals surface area contributed by atoms with Gasteiger partial charge in [-0.15, -0.1) is 0 Å². The number of benzene rings is 3. The third-order valence-electron chi connectivity index (χ3n) is 2.73. The predicted octanol–water partition coefficient (Wildman–Crippen LogP) is 5.55. The minimum Gasteiger partial charge on any atom is -0.0836 e. The summed E-state index contributed by atoms with van der Waals surface area (Å²) in [5.41, 5.74) is 0. The van der Waals surface area contributed by atoms with Crippen LogP contribution in [0.1, 0.15) is 0 Å². The Morgan fingerprint density at radius 1 is 1.00 bits per heavy atom. The zero-order chi connectivity index (χ0) is 12.0. The van der Waals surface area contributed by atoms with Crippen molar-refractivity contribution in [2.75, 3.05) is 0 Å². The molecule has 0 aliphatic heterocycles. The van der Waals surface area contributed by atoms with E-state index in [2.05, 4.69) is 12.1 Å². The quantitative estimate of drug-likeness (QED) is 0.473. The van der Waals surface area contributed by atoms with Crippen molar-refractivity contribution in [1.82, 2.24) is 0 Å². The van der Waals surface area contributed by atoms with Gasteiger partial charge in [0.1, 0.15) is 0 Å². The first kappa shape index (κ1) is 11.2. The zero-order valence-corrected chi connectivity index (χ0v) is 10.8. The van der Waals surface area contributed by atoms with Crippen LogP contribution in [0.5, 0.6) is 0 Å². The van der Waals surface area contributed by atoms with Gasteiger partial charge in [0.2, 0.25) is 0 Å². The SMILES string of the molecule is Clc1[c]cc2c(Cl)cc3c[c]ccc3c2c1Cl. The first-order valence-corrected chi connectivity index (χ1v) is 6.09. The molecule has 0 unspecified atom stereocenters. The van der Waals surface area contributed by atoms with Crippen LogP contribution in [0.3, 0.4) is 0 Å². The van der Waals surface area contributed by atoms with Crippen LogP contribution in [0, 0.1) is 12.1 Å². The van der Waals surface area contributed by atoms with Crippen molar-refractivity contribution in [3.63, 3.8) is 0 Å². The van der Waals surface area contributed by atoms with Gasteiger partial charge >= 0.3 is 0 Å². The van der Waals surface area contributed by atoms with Crippen molar-refractivity contribution in [2.24, 2.45) is 0 Å². The molecule has 0 amide bonds. The Bertz CT molecular complexity index is 732. The van der Waals surface area contributed by atoms with Crippen molar-refractivity contribution in [2.45, 2.75) is 0 Å². The van der Waals surface area contributed by atoms with Gasteiger partial charge in [-0.3, -0.25) is 0 Å². The van der Waals surface area contributed by atoms with Gasteiger partial charge in [-0.05, 0) is 35.0 Å². The van der Waals surface area contributed by atoms with Crippen molar-refractivity contribution in [3.05, 3.63) is 57.5 Å². The maximum absolute atomic E-state index is 6.24. The standard InChI is InChI=1S/C14H5Cl3/c15-11-6-5-10-12(16)7-8-3-1-2-4-9(8)13(10)14(11)17/h2-5,7H. The monoisotopic (exact) mass is 278 g/mol. The molecule has 3 aromatic carbocycles. The predicted molar refractivity (Wildman–Crippen MR) is 74.2 cm³/mol. The molecule has 0 spiro atoms. The lowest BCUT2D eigenvalue weighted by Crippen LogP contribution is -1.82. The molecular weight excluding hydrogens is 275 g/mol. The van der Waals surface area contributed by atoms with Crippen molar-refractivity contribution in [1.29, 1.82) is 0 Å². The van der Waals surface area contributed by atoms with E-state index in [1.807, 2.05) is 24.3 Å². The lowest BCUT2D eigenvalue weighted by atomic mass is 10.0. The molecule has 0 nitrogen and oxygen atoms in total. The minimum absolute atomic E-state index is 0.413. The van der Waals surface area contributed by atoms with E-state index in [4.69, 9.17) is 34.8 Å². The summed E-state index contributed by atoms with van der Waals surface area (Å²) in [4.78, 5) is 0. The summed E-state index contributed by atoms with van der Waals surface area (Å²) in [6.07, 6.45) is 0. The van der Waals surface area contributed by atoms with Crippen LogP contribution in [0.15, 0.2) is 30.3 Å². The zero-order valence-electron chi connectivity index (χ0n) is 8.52. The average Bonchev–Trinajstić information content (AvgIpc) is 2.33. The molecule has 3 aromatic rings. The number of hydrogen-bond acceptors (Lipinski definition) is 0. The highest BCUT2D eigenvalue weighted by Gasteiger charge is 2.10. The molecule has 17 heavy (non-hydrogen) atoms. The van der Waals surface area contributed by atoms with Crippen LogP contribution in [0.4, 0.5) is 0 Å². The van der Waals surface area contributed by atoms with Crippen LogP contribution < -0.4 is 0 Å². The third kappa shape index (κ3) is 1.68. The molecule has 0 bridgehead atoms. The van der Waals surface area contributed by atoms with Gasteiger partial charge in [0.05, 0.1) is 10.0 Å². The summed E-state index contributed by atoms with van der Waals surface area (Å²) < 4.78 is 0. The van der Waals surface area contributed by atoms with Crippen LogP contribution in [0.2, 0.25) is 15.1 Å². The molecule has 0 N–H and O–H groups in total. The van der Waals surface area contributed by atoms with E-state index >= 15 is 0 Å². The number of rotatable bonds is 0. The molecule has 0 aliphatic carbocycles. The molecule has 0 fully saturated rings. The summed E-state index contributed by atoms with van der Waals surface area (Å²) in [6.45, 7) is 0. The molecule has 0 aliphatic rings. The molecule has 0 saturated carbocycles. The average molecular weight is 280 g/mol. The lowest BCUT2D eigenvalue weighted by molar-refractivity contribution is 1.74. The summed E-state index contributed by atoms with van der Waals surface area (Å²) >= 11 is 18.5. The van der Waals surface area contributed by atoms with Gasteiger partial charge in [0, 0.05) is 21.9 Å². The first-order chi connectivity index (χ1) is 8.18. The Morgan fingerprint density at radius 3 is 2.65 bits per heavy atom. The van der Waals surface area contributed by atoms with Gasteiger partial charge < -0.3 is 0 Å². The number of fused-ring (bicyclic) bond motifs is 3. The lowest BCUT2D eigenvalue weighted by Gasteiger charge is -2.08. The van der Waals surface area contributed by atoms with E-state index in [9.17, 15) is 0 Å². The van der Waals surface area contributed by atoms with Crippen molar-refractivity contribution in [3.8, 4) is 0 Å². The fraction of sp³-hybridized carbons (Fsp3) is 0. The van der Waals surface area contributed by atoms with Crippen LogP contribution >= 0.6 is 34.8 Å². The second-order valence-corrected chi connectivity index (χ2v) is 4.87. The van der Waals surface area contributed by atoms with E-state index in [0.717, 1.165) is 21.5 Å². The van der Waals surface area contributed by atoms with Gasteiger partial charge in [0.25, 0.3) is 0 Å². The normalized spacial score (nSPS) is 11.2. The molecule has 82 valence electrons. The summed E-state index contributed by atoms with van der Waals surface area (Å²) in [5, 5.41) is 5.28. The molecular formula is C14H5Cl3. The summed E-state index contributed by atoms with van der Waals surface area (Å²) in [7, 11) is 0. The smallest absolute Gasteiger partial charge is 0.0683 e. The van der Waals surface area contributed by atoms with Gasteiger partial charge in [-0.25, -0.2) is 0 Å². The molecule has 3 rings (SSSR count). The van der Waals surface area contributed by atoms with Crippen molar-refractivity contribution >= 4 is 56.3 Å². The fourth-order valence-electron chi connectivity index (χ4n) is 1.96. The number of hydrogen-bond donors (Lipinski definition) is 0. The molecule has 2 radical (unpaired) electrons. The van der Waals surface area contributed by atoms with E-state index in [1.165, 1.54) is 0 Å². The van der Waals surface area contributed by atoms with E-state index < -0.39 is 0 Å². The molecule has 0 heterocycles. The Kier molecular flexibility index (Phi) is 2.67. The highest BCUT2D eigenvalue weighted by atomic mass is 35.5. The van der Waals surface area contributed by atoms with E-state index in [0.29, 0.717) is 15.1 Å². The molecule has 0 saturated heterocycles. The summed E-state index contributed by atoms with van der Waals surface area (Å²) in [6, 6.07) is 15.2. The largest absolute Gasteiger partial charge is 0.0836 e. The second-order valence-electron chi connectivity index (χ2n) is 3.71. The van der Waals surface area contributed by atoms with Crippen LogP contribution in [0.25, 0.3) is 21.5 Å². The maximum Gasteiger partial charge on any atom is 0.0683 e. The van der Waals surface area contributed by atoms with Crippen molar-refractivity contribution < 1.29 is 0 Å². The molecule has 3 heteroatoms. The Hall–Kier alpha value is -0.950.